The summed E-state index contributed by atoms with van der Waals surface area (Å²) in [5.41, 5.74) is 1.17. The number of methoxy groups -OCH3 is 2. The summed E-state index contributed by atoms with van der Waals surface area (Å²) in [4.78, 5) is 4.93. The molecule has 26 heavy (non-hydrogen) atoms. The minimum Gasteiger partial charge on any atom is -0.497 e. The van der Waals surface area contributed by atoms with Gasteiger partial charge in [0.05, 0.1) is 26.3 Å². The lowest BCUT2D eigenvalue weighted by Gasteiger charge is -2.38. The van der Waals surface area contributed by atoms with E-state index in [1.54, 1.807) is 14.2 Å². The Balaban J connectivity index is 1.90. The van der Waals surface area contributed by atoms with Gasteiger partial charge in [-0.2, -0.15) is 0 Å². The number of aromatic nitrogens is 4. The number of hydrogen-bond acceptors (Lipinski definition) is 7. The summed E-state index contributed by atoms with van der Waals surface area (Å²) >= 11 is 0. The van der Waals surface area contributed by atoms with Crippen LogP contribution in [-0.2, 0) is 11.3 Å². The molecule has 8 nitrogen and oxygen atoms in total. The molecule has 0 radical (unpaired) electrons. The Hall–Kier alpha value is -2.03. The number of benzene rings is 1. The van der Waals surface area contributed by atoms with Gasteiger partial charge in [-0.3, -0.25) is 4.90 Å². The van der Waals surface area contributed by atoms with Gasteiger partial charge in [0.25, 0.3) is 0 Å². The number of likely N-dealkylation sites (N-methyl/N-ethyl adjacent to an activating group) is 1. The quantitative estimate of drug-likeness (QED) is 0.697. The van der Waals surface area contributed by atoms with Crippen LogP contribution in [0.4, 0.5) is 0 Å². The molecule has 8 heteroatoms. The molecular weight excluding hydrogens is 332 g/mol. The molecule has 2 aromatic rings. The maximum Gasteiger partial charge on any atom is 0.173 e. The van der Waals surface area contributed by atoms with Gasteiger partial charge in [-0.05, 0) is 34.7 Å². The lowest BCUT2D eigenvalue weighted by Crippen LogP contribution is -2.48. The summed E-state index contributed by atoms with van der Waals surface area (Å²) in [6.07, 6.45) is 0. The first kappa shape index (κ1) is 18.8. The maximum atomic E-state index is 5.31. The van der Waals surface area contributed by atoms with Crippen LogP contribution in [0, 0.1) is 0 Å². The zero-order valence-electron chi connectivity index (χ0n) is 15.8. The van der Waals surface area contributed by atoms with Crippen molar-refractivity contribution in [1.82, 2.24) is 30.0 Å². The molecule has 1 aromatic heterocycles. The molecule has 1 aliphatic heterocycles. The first-order chi connectivity index (χ1) is 12.8. The molecule has 1 saturated heterocycles. The molecule has 3 rings (SSSR count). The lowest BCUT2D eigenvalue weighted by molar-refractivity contribution is 0.107. The summed E-state index contributed by atoms with van der Waals surface area (Å²) in [6.45, 7) is 8.61. The van der Waals surface area contributed by atoms with E-state index in [-0.39, 0.29) is 6.04 Å². The summed E-state index contributed by atoms with van der Waals surface area (Å²) in [6, 6.07) is 8.21. The zero-order chi connectivity index (χ0) is 18.4. The third-order valence-corrected chi connectivity index (χ3v) is 4.96. The van der Waals surface area contributed by atoms with Gasteiger partial charge in [-0.15, -0.1) is 5.10 Å². The SMILES string of the molecule is CCN1CCN([C@H](c2ccc(OC)cc2)c2nnnn2CCOC)CC1. The summed E-state index contributed by atoms with van der Waals surface area (Å²) in [7, 11) is 3.37. The van der Waals surface area contributed by atoms with Crippen LogP contribution in [0.3, 0.4) is 0 Å². The van der Waals surface area contributed by atoms with E-state index < -0.39 is 0 Å². The first-order valence-corrected chi connectivity index (χ1v) is 9.12. The van der Waals surface area contributed by atoms with Crippen molar-refractivity contribution in [2.45, 2.75) is 19.5 Å². The molecule has 0 amide bonds. The van der Waals surface area contributed by atoms with Crippen LogP contribution in [-0.4, -0.2) is 83.6 Å². The molecule has 1 aromatic carbocycles. The largest absolute Gasteiger partial charge is 0.497 e. The number of tetrazole rings is 1. The molecule has 142 valence electrons. The lowest BCUT2D eigenvalue weighted by atomic mass is 10.0. The highest BCUT2D eigenvalue weighted by Crippen LogP contribution is 2.29. The minimum atomic E-state index is 0.0202. The van der Waals surface area contributed by atoms with Gasteiger partial charge in [0.2, 0.25) is 0 Å². The van der Waals surface area contributed by atoms with E-state index in [1.807, 2.05) is 16.8 Å². The molecule has 0 spiro atoms. The van der Waals surface area contributed by atoms with Crippen LogP contribution in [0.5, 0.6) is 5.75 Å². The van der Waals surface area contributed by atoms with E-state index in [0.717, 1.165) is 44.3 Å². The first-order valence-electron chi connectivity index (χ1n) is 9.12. The van der Waals surface area contributed by atoms with Crippen molar-refractivity contribution in [2.75, 3.05) is 53.6 Å². The van der Waals surface area contributed by atoms with Crippen LogP contribution < -0.4 is 4.74 Å². The molecule has 1 aliphatic rings. The second kappa shape index (κ2) is 9.07. The third kappa shape index (κ3) is 4.20. The number of ether oxygens (including phenoxy) is 2. The van der Waals surface area contributed by atoms with Gasteiger partial charge in [0.15, 0.2) is 5.82 Å². The predicted molar refractivity (Wildman–Crippen MR) is 98.2 cm³/mol. The van der Waals surface area contributed by atoms with E-state index in [2.05, 4.69) is 44.4 Å². The van der Waals surface area contributed by atoms with Crippen LogP contribution in [0.1, 0.15) is 24.4 Å². The summed E-state index contributed by atoms with van der Waals surface area (Å²) in [5, 5.41) is 12.5. The van der Waals surface area contributed by atoms with Gasteiger partial charge < -0.3 is 14.4 Å². The molecule has 1 fully saturated rings. The Morgan fingerprint density at radius 2 is 1.81 bits per heavy atom. The van der Waals surface area contributed by atoms with Crippen molar-refractivity contribution in [3.63, 3.8) is 0 Å². The van der Waals surface area contributed by atoms with Crippen molar-refractivity contribution in [3.8, 4) is 5.75 Å². The van der Waals surface area contributed by atoms with Gasteiger partial charge in [-0.25, -0.2) is 4.68 Å². The Bertz CT molecular complexity index is 667. The van der Waals surface area contributed by atoms with Crippen molar-refractivity contribution < 1.29 is 9.47 Å². The molecule has 1 atom stereocenters. The fourth-order valence-electron chi connectivity index (χ4n) is 3.39. The highest BCUT2D eigenvalue weighted by atomic mass is 16.5. The van der Waals surface area contributed by atoms with Crippen LogP contribution in [0.2, 0.25) is 0 Å². The van der Waals surface area contributed by atoms with Gasteiger partial charge in [0, 0.05) is 33.3 Å². The average Bonchev–Trinajstić information content (AvgIpc) is 3.15. The molecule has 2 heterocycles. The number of rotatable bonds is 8. The Morgan fingerprint density at radius 1 is 1.08 bits per heavy atom. The molecule has 0 N–H and O–H groups in total. The van der Waals surface area contributed by atoms with Gasteiger partial charge in [0.1, 0.15) is 5.75 Å². The smallest absolute Gasteiger partial charge is 0.173 e. The Labute approximate surface area is 154 Å². The van der Waals surface area contributed by atoms with E-state index in [1.165, 1.54) is 5.56 Å². The Kier molecular flexibility index (Phi) is 6.54. The van der Waals surface area contributed by atoms with Gasteiger partial charge >= 0.3 is 0 Å². The minimum absolute atomic E-state index is 0.0202. The van der Waals surface area contributed by atoms with Crippen LogP contribution in [0.25, 0.3) is 0 Å². The predicted octanol–water partition coefficient (Wildman–Crippen LogP) is 1.06. The molecular formula is C18H28N6O2. The molecule has 0 aliphatic carbocycles. The third-order valence-electron chi connectivity index (χ3n) is 4.96. The Morgan fingerprint density at radius 3 is 2.42 bits per heavy atom. The van der Waals surface area contributed by atoms with Crippen LogP contribution >= 0.6 is 0 Å². The number of nitrogens with zero attached hydrogens (tertiary/aromatic N) is 6. The van der Waals surface area contributed by atoms with E-state index in [0.29, 0.717) is 13.2 Å². The highest BCUT2D eigenvalue weighted by Gasteiger charge is 2.30. The number of hydrogen-bond donors (Lipinski definition) is 0. The molecule has 0 bridgehead atoms. The fourth-order valence-corrected chi connectivity index (χ4v) is 3.39. The van der Waals surface area contributed by atoms with Crippen molar-refractivity contribution in [3.05, 3.63) is 35.7 Å². The topological polar surface area (TPSA) is 68.5 Å². The van der Waals surface area contributed by atoms with E-state index >= 15 is 0 Å². The van der Waals surface area contributed by atoms with Gasteiger partial charge in [-0.1, -0.05) is 19.1 Å². The highest BCUT2D eigenvalue weighted by molar-refractivity contribution is 5.32. The van der Waals surface area contributed by atoms with Crippen molar-refractivity contribution in [2.24, 2.45) is 0 Å². The standard InChI is InChI=1S/C18H28N6O2/c1-4-22-9-11-23(12-10-22)17(15-5-7-16(26-3)8-6-15)18-19-20-21-24(18)13-14-25-2/h5-8,17H,4,9-14H2,1-3H3/t17-/m1/s1. The van der Waals surface area contributed by atoms with E-state index in [9.17, 15) is 0 Å². The summed E-state index contributed by atoms with van der Waals surface area (Å²) < 4.78 is 12.4. The molecule has 0 saturated carbocycles. The van der Waals surface area contributed by atoms with Crippen molar-refractivity contribution in [1.29, 1.82) is 0 Å². The average molecular weight is 360 g/mol. The monoisotopic (exact) mass is 360 g/mol. The zero-order valence-corrected chi connectivity index (χ0v) is 15.8. The normalized spacial score (nSPS) is 17.3. The van der Waals surface area contributed by atoms with Crippen molar-refractivity contribution >= 4 is 0 Å². The van der Waals surface area contributed by atoms with Crippen LogP contribution in [0.15, 0.2) is 24.3 Å². The second-order valence-electron chi connectivity index (χ2n) is 6.40. The second-order valence-corrected chi connectivity index (χ2v) is 6.40. The maximum absolute atomic E-state index is 5.31. The van der Waals surface area contributed by atoms with E-state index in [4.69, 9.17) is 9.47 Å². The summed E-state index contributed by atoms with van der Waals surface area (Å²) in [5.74, 6) is 1.71. The fraction of sp³-hybridized carbons (Fsp3) is 0.611. The number of piperazine rings is 1. The molecule has 0 unspecified atom stereocenters.